The van der Waals surface area contributed by atoms with Crippen molar-refractivity contribution < 1.29 is 14.6 Å². The van der Waals surface area contributed by atoms with Crippen LogP contribution >= 0.6 is 23.4 Å². The molecule has 1 N–H and O–H groups in total. The fourth-order valence-electron chi connectivity index (χ4n) is 2.09. The first kappa shape index (κ1) is 16.1. The largest absolute Gasteiger partial charge is 0.481 e. The van der Waals surface area contributed by atoms with Gasteiger partial charge in [-0.25, -0.2) is 4.98 Å². The monoisotopic (exact) mass is 328 g/mol. The highest BCUT2D eigenvalue weighted by atomic mass is 35.5. The molecule has 0 aliphatic carbocycles. The number of carboxylic acids is 1. The molecule has 114 valence electrons. The highest BCUT2D eigenvalue weighted by molar-refractivity contribution is 7.99. The van der Waals surface area contributed by atoms with Crippen LogP contribution in [0.25, 0.3) is 11.0 Å². The predicted octanol–water partition coefficient (Wildman–Crippen LogP) is 3.46. The van der Waals surface area contributed by atoms with E-state index in [1.807, 2.05) is 30.5 Å². The van der Waals surface area contributed by atoms with Gasteiger partial charge in [0.25, 0.3) is 0 Å². The van der Waals surface area contributed by atoms with Crippen molar-refractivity contribution in [2.24, 2.45) is 0 Å². The van der Waals surface area contributed by atoms with Crippen LogP contribution in [0, 0.1) is 0 Å². The normalized spacial score (nSPS) is 12.7. The summed E-state index contributed by atoms with van der Waals surface area (Å²) >= 11 is 7.48. The molecule has 0 amide bonds. The lowest BCUT2D eigenvalue weighted by Gasteiger charge is -2.17. The summed E-state index contributed by atoms with van der Waals surface area (Å²) < 4.78 is 7.43. The summed E-state index contributed by atoms with van der Waals surface area (Å²) in [6, 6.07) is 5.53. The minimum Gasteiger partial charge on any atom is -0.481 e. The van der Waals surface area contributed by atoms with Gasteiger partial charge in [-0.3, -0.25) is 4.79 Å². The van der Waals surface area contributed by atoms with Gasteiger partial charge in [0.15, 0.2) is 5.16 Å². The summed E-state index contributed by atoms with van der Waals surface area (Å²) in [5.74, 6) is -0.912. The van der Waals surface area contributed by atoms with Crippen molar-refractivity contribution in [3.05, 3.63) is 23.2 Å². The molecule has 1 unspecified atom stereocenters. The van der Waals surface area contributed by atoms with Crippen LogP contribution in [0.1, 0.15) is 19.9 Å². The Labute approximate surface area is 132 Å². The fourth-order valence-corrected chi connectivity index (χ4v) is 3.17. The third kappa shape index (κ3) is 3.70. The molecule has 1 aromatic carbocycles. The average Bonchev–Trinajstić information content (AvgIpc) is 2.82. The maximum atomic E-state index is 10.8. The first-order valence-electron chi connectivity index (χ1n) is 6.63. The predicted molar refractivity (Wildman–Crippen MR) is 84.3 cm³/mol. The molecule has 0 bridgehead atoms. The zero-order chi connectivity index (χ0) is 15.4. The van der Waals surface area contributed by atoms with E-state index in [0.717, 1.165) is 11.0 Å². The van der Waals surface area contributed by atoms with Crippen molar-refractivity contribution in [1.82, 2.24) is 9.55 Å². The maximum absolute atomic E-state index is 10.8. The number of rotatable bonds is 7. The summed E-state index contributed by atoms with van der Waals surface area (Å²) in [7, 11) is 0. The Hall–Kier alpha value is -1.24. The van der Waals surface area contributed by atoms with Gasteiger partial charge in [-0.15, -0.1) is 0 Å². The molecule has 1 atom stereocenters. The Morgan fingerprint density at radius 3 is 3.00 bits per heavy atom. The molecule has 0 saturated carbocycles. The minimum absolute atomic E-state index is 0.0196. The van der Waals surface area contributed by atoms with Crippen molar-refractivity contribution >= 4 is 40.4 Å². The Balaban J connectivity index is 2.45. The van der Waals surface area contributed by atoms with Crippen molar-refractivity contribution in [2.75, 3.05) is 19.0 Å². The number of imidazole rings is 1. The summed E-state index contributed by atoms with van der Waals surface area (Å²) in [6.07, 6.45) is 0. The van der Waals surface area contributed by atoms with Gasteiger partial charge in [-0.2, -0.15) is 0 Å². The fraction of sp³-hybridized carbons (Fsp3) is 0.429. The molecule has 2 rings (SSSR count). The molecule has 5 nitrogen and oxygen atoms in total. The van der Waals surface area contributed by atoms with E-state index in [9.17, 15) is 4.79 Å². The maximum Gasteiger partial charge on any atom is 0.313 e. The van der Waals surface area contributed by atoms with Gasteiger partial charge in [0, 0.05) is 6.61 Å². The number of halogens is 1. The molecule has 0 spiro atoms. The number of nitrogens with zero attached hydrogens (tertiary/aromatic N) is 2. The first-order chi connectivity index (χ1) is 10.0. The molecule has 21 heavy (non-hydrogen) atoms. The third-order valence-electron chi connectivity index (χ3n) is 2.96. The van der Waals surface area contributed by atoms with Gasteiger partial charge in [0.2, 0.25) is 0 Å². The molecule has 0 saturated heterocycles. The van der Waals surface area contributed by atoms with E-state index < -0.39 is 5.97 Å². The topological polar surface area (TPSA) is 64.3 Å². The van der Waals surface area contributed by atoms with E-state index in [0.29, 0.717) is 23.4 Å². The zero-order valence-corrected chi connectivity index (χ0v) is 13.4. The van der Waals surface area contributed by atoms with Gasteiger partial charge in [0.05, 0.1) is 34.5 Å². The van der Waals surface area contributed by atoms with Crippen LogP contribution in [0.15, 0.2) is 23.4 Å². The van der Waals surface area contributed by atoms with E-state index in [4.69, 9.17) is 21.4 Å². The van der Waals surface area contributed by atoms with Crippen molar-refractivity contribution in [3.8, 4) is 0 Å². The van der Waals surface area contributed by atoms with E-state index in [1.54, 1.807) is 6.07 Å². The molecule has 2 aromatic rings. The summed E-state index contributed by atoms with van der Waals surface area (Å²) in [5, 5.41) is 10.1. The lowest BCUT2D eigenvalue weighted by atomic mass is 10.3. The van der Waals surface area contributed by atoms with Crippen LogP contribution in [0.2, 0.25) is 5.02 Å². The zero-order valence-electron chi connectivity index (χ0n) is 11.9. The quantitative estimate of drug-likeness (QED) is 0.788. The molecule has 1 aromatic heterocycles. The third-order valence-corrected chi connectivity index (χ3v) is 4.20. The summed E-state index contributed by atoms with van der Waals surface area (Å²) in [5.41, 5.74) is 1.58. The number of thioether (sulfide) groups is 1. The summed E-state index contributed by atoms with van der Waals surface area (Å²) in [4.78, 5) is 15.3. The Morgan fingerprint density at radius 2 is 2.33 bits per heavy atom. The number of carbonyl (C=O) groups is 1. The Kier molecular flexibility index (Phi) is 5.50. The van der Waals surface area contributed by atoms with E-state index in [2.05, 4.69) is 4.98 Å². The number of ether oxygens (including phenoxy) is 1. The second kappa shape index (κ2) is 7.15. The molecule has 0 aliphatic heterocycles. The highest BCUT2D eigenvalue weighted by Crippen LogP contribution is 2.32. The van der Waals surface area contributed by atoms with Crippen molar-refractivity contribution in [1.29, 1.82) is 0 Å². The number of aromatic nitrogens is 2. The second-order valence-electron chi connectivity index (χ2n) is 4.56. The minimum atomic E-state index is -0.873. The lowest BCUT2D eigenvalue weighted by molar-refractivity contribution is -0.133. The SMILES string of the molecule is CCOCC(C)n1c(SCC(=O)O)nc2cccc(Cl)c21. The number of benzene rings is 1. The van der Waals surface area contributed by atoms with E-state index in [1.165, 1.54) is 11.8 Å². The molecular weight excluding hydrogens is 312 g/mol. The summed E-state index contributed by atoms with van der Waals surface area (Å²) in [6.45, 7) is 5.09. The van der Waals surface area contributed by atoms with E-state index >= 15 is 0 Å². The van der Waals surface area contributed by atoms with E-state index in [-0.39, 0.29) is 11.8 Å². The number of para-hydroxylation sites is 1. The van der Waals surface area contributed by atoms with Crippen LogP contribution < -0.4 is 0 Å². The Bertz CT molecular complexity index is 644. The smallest absolute Gasteiger partial charge is 0.313 e. The van der Waals surface area contributed by atoms with Gasteiger partial charge in [-0.05, 0) is 26.0 Å². The molecule has 1 heterocycles. The van der Waals surface area contributed by atoms with Gasteiger partial charge in [0.1, 0.15) is 0 Å². The number of fused-ring (bicyclic) bond motifs is 1. The Morgan fingerprint density at radius 1 is 1.57 bits per heavy atom. The number of hydrogen-bond donors (Lipinski definition) is 1. The molecule has 0 aliphatic rings. The standard InChI is InChI=1S/C14H17ClN2O3S/c1-3-20-7-9(2)17-13-10(15)5-4-6-11(13)16-14(17)21-8-12(18)19/h4-6,9H,3,7-8H2,1-2H3,(H,18,19). The van der Waals surface area contributed by atoms with Crippen LogP contribution in [0.3, 0.4) is 0 Å². The van der Waals surface area contributed by atoms with Crippen LogP contribution in [-0.2, 0) is 9.53 Å². The molecular formula is C14H17ClN2O3S. The average molecular weight is 329 g/mol. The van der Waals surface area contributed by atoms with Crippen molar-refractivity contribution in [2.45, 2.75) is 25.0 Å². The van der Waals surface area contributed by atoms with Crippen molar-refractivity contribution in [3.63, 3.8) is 0 Å². The van der Waals surface area contributed by atoms with Gasteiger partial charge < -0.3 is 14.4 Å². The highest BCUT2D eigenvalue weighted by Gasteiger charge is 2.19. The van der Waals surface area contributed by atoms with Crippen LogP contribution in [0.5, 0.6) is 0 Å². The van der Waals surface area contributed by atoms with Crippen LogP contribution in [-0.4, -0.2) is 39.6 Å². The molecule has 0 radical (unpaired) electrons. The first-order valence-corrected chi connectivity index (χ1v) is 7.99. The van der Waals surface area contributed by atoms with Gasteiger partial charge >= 0.3 is 5.97 Å². The van der Waals surface area contributed by atoms with Gasteiger partial charge in [-0.1, -0.05) is 29.4 Å². The number of carboxylic acid groups (broad SMARTS) is 1. The van der Waals surface area contributed by atoms with Crippen LogP contribution in [0.4, 0.5) is 0 Å². The lowest BCUT2D eigenvalue weighted by Crippen LogP contribution is -2.14. The second-order valence-corrected chi connectivity index (χ2v) is 5.91. The molecule has 0 fully saturated rings. The number of aliphatic carboxylic acids is 1. The number of hydrogen-bond acceptors (Lipinski definition) is 4. The molecule has 7 heteroatoms.